The zero-order valence-electron chi connectivity index (χ0n) is 10.7. The predicted octanol–water partition coefficient (Wildman–Crippen LogP) is 4.87. The molecule has 1 aromatic heterocycles. The van der Waals surface area contributed by atoms with Crippen LogP contribution in [0.25, 0.3) is 16.7 Å². The third-order valence-electron chi connectivity index (χ3n) is 3.09. The van der Waals surface area contributed by atoms with E-state index in [9.17, 15) is 4.39 Å². The lowest BCUT2D eigenvalue weighted by Crippen LogP contribution is -2.00. The Hall–Kier alpha value is -1.58. The Labute approximate surface area is 125 Å². The van der Waals surface area contributed by atoms with Crippen molar-refractivity contribution in [3.05, 3.63) is 58.6 Å². The lowest BCUT2D eigenvalue weighted by atomic mass is 10.2. The third kappa shape index (κ3) is 2.28. The number of aromatic nitrogens is 2. The molecular formula is C15H11Cl2FN2. The summed E-state index contributed by atoms with van der Waals surface area (Å²) in [6, 6.07) is 10.2. The summed E-state index contributed by atoms with van der Waals surface area (Å²) in [7, 11) is 0. The van der Waals surface area contributed by atoms with Crippen molar-refractivity contribution < 1.29 is 4.39 Å². The third-order valence-corrected chi connectivity index (χ3v) is 3.56. The fourth-order valence-corrected chi connectivity index (χ4v) is 2.67. The first-order valence-corrected chi connectivity index (χ1v) is 7.00. The highest BCUT2D eigenvalue weighted by molar-refractivity contribution is 6.31. The molecule has 3 rings (SSSR count). The minimum atomic E-state index is -0.288. The van der Waals surface area contributed by atoms with Crippen molar-refractivity contribution in [1.82, 2.24) is 9.55 Å². The Morgan fingerprint density at radius 3 is 2.70 bits per heavy atom. The van der Waals surface area contributed by atoms with E-state index in [-0.39, 0.29) is 11.7 Å². The van der Waals surface area contributed by atoms with E-state index in [1.807, 2.05) is 23.6 Å². The van der Waals surface area contributed by atoms with Crippen LogP contribution < -0.4 is 0 Å². The van der Waals surface area contributed by atoms with Crippen molar-refractivity contribution in [3.8, 4) is 5.69 Å². The molecule has 0 radical (unpaired) electrons. The quantitative estimate of drug-likeness (QED) is 0.618. The molecule has 0 fully saturated rings. The lowest BCUT2D eigenvalue weighted by Gasteiger charge is -2.09. The molecule has 102 valence electrons. The number of rotatable bonds is 2. The molecule has 0 aliphatic carbocycles. The molecule has 0 atom stereocenters. The summed E-state index contributed by atoms with van der Waals surface area (Å²) >= 11 is 12.0. The lowest BCUT2D eigenvalue weighted by molar-refractivity contribution is 0.625. The van der Waals surface area contributed by atoms with E-state index in [1.165, 1.54) is 12.1 Å². The van der Waals surface area contributed by atoms with Crippen LogP contribution in [0.15, 0.2) is 36.4 Å². The SMILES string of the molecule is Cc1cc(F)cc(-n2c(CCl)nc3ccc(Cl)cc32)c1. The molecule has 0 aliphatic heterocycles. The number of hydrogen-bond donors (Lipinski definition) is 0. The van der Waals surface area contributed by atoms with Crippen LogP contribution in [0, 0.1) is 12.7 Å². The first kappa shape index (κ1) is 13.4. The predicted molar refractivity (Wildman–Crippen MR) is 80.3 cm³/mol. The smallest absolute Gasteiger partial charge is 0.129 e. The maximum absolute atomic E-state index is 13.6. The van der Waals surface area contributed by atoms with Gasteiger partial charge in [-0.2, -0.15) is 0 Å². The maximum atomic E-state index is 13.6. The maximum Gasteiger partial charge on any atom is 0.129 e. The van der Waals surface area contributed by atoms with E-state index in [4.69, 9.17) is 23.2 Å². The summed E-state index contributed by atoms with van der Waals surface area (Å²) in [6.07, 6.45) is 0. The molecule has 5 heteroatoms. The van der Waals surface area contributed by atoms with Gasteiger partial charge in [-0.3, -0.25) is 4.57 Å². The molecule has 3 aromatic rings. The topological polar surface area (TPSA) is 17.8 Å². The van der Waals surface area contributed by atoms with Crippen LogP contribution in [-0.4, -0.2) is 9.55 Å². The van der Waals surface area contributed by atoms with E-state index in [0.29, 0.717) is 16.5 Å². The van der Waals surface area contributed by atoms with Gasteiger partial charge in [-0.05, 0) is 48.9 Å². The largest absolute Gasteiger partial charge is 0.295 e. The normalized spacial score (nSPS) is 11.2. The van der Waals surface area contributed by atoms with Crippen LogP contribution in [0.1, 0.15) is 11.4 Å². The van der Waals surface area contributed by atoms with Gasteiger partial charge in [0.1, 0.15) is 11.6 Å². The molecule has 0 saturated heterocycles. The molecule has 2 nitrogen and oxygen atoms in total. The highest BCUT2D eigenvalue weighted by Crippen LogP contribution is 2.26. The van der Waals surface area contributed by atoms with Gasteiger partial charge in [-0.1, -0.05) is 11.6 Å². The van der Waals surface area contributed by atoms with Crippen molar-refractivity contribution >= 4 is 34.2 Å². The fraction of sp³-hybridized carbons (Fsp3) is 0.133. The number of hydrogen-bond acceptors (Lipinski definition) is 1. The van der Waals surface area contributed by atoms with Gasteiger partial charge in [0.2, 0.25) is 0 Å². The molecule has 0 N–H and O–H groups in total. The molecule has 2 aromatic carbocycles. The Morgan fingerprint density at radius 2 is 2.00 bits per heavy atom. The summed E-state index contributed by atoms with van der Waals surface area (Å²) in [5.41, 5.74) is 3.14. The fourth-order valence-electron chi connectivity index (χ4n) is 2.32. The van der Waals surface area contributed by atoms with Gasteiger partial charge in [-0.25, -0.2) is 9.37 Å². The van der Waals surface area contributed by atoms with Crippen LogP contribution >= 0.6 is 23.2 Å². The highest BCUT2D eigenvalue weighted by Gasteiger charge is 2.13. The summed E-state index contributed by atoms with van der Waals surface area (Å²) in [4.78, 5) is 4.46. The molecule has 0 bridgehead atoms. The molecule has 0 aliphatic rings. The molecule has 0 saturated carbocycles. The molecule has 20 heavy (non-hydrogen) atoms. The van der Waals surface area contributed by atoms with Crippen LogP contribution in [0.5, 0.6) is 0 Å². The summed E-state index contributed by atoms with van der Waals surface area (Å²) in [5, 5.41) is 0.605. The van der Waals surface area contributed by atoms with E-state index >= 15 is 0 Å². The number of imidazole rings is 1. The van der Waals surface area contributed by atoms with Crippen LogP contribution in [0.3, 0.4) is 0 Å². The highest BCUT2D eigenvalue weighted by atomic mass is 35.5. The van der Waals surface area contributed by atoms with Gasteiger partial charge in [0.25, 0.3) is 0 Å². The zero-order valence-corrected chi connectivity index (χ0v) is 12.2. The average molecular weight is 309 g/mol. The number of halogens is 3. The van der Waals surface area contributed by atoms with Gasteiger partial charge in [0, 0.05) is 5.02 Å². The van der Waals surface area contributed by atoms with E-state index in [1.54, 1.807) is 12.1 Å². The van der Waals surface area contributed by atoms with Crippen molar-refractivity contribution in [2.75, 3.05) is 0 Å². The number of aryl methyl sites for hydroxylation is 1. The second kappa shape index (κ2) is 5.08. The van der Waals surface area contributed by atoms with E-state index in [0.717, 1.165) is 16.6 Å². The van der Waals surface area contributed by atoms with Gasteiger partial charge < -0.3 is 0 Å². The monoisotopic (exact) mass is 308 g/mol. The Kier molecular flexibility index (Phi) is 3.40. The minimum absolute atomic E-state index is 0.238. The van der Waals surface area contributed by atoms with Crippen molar-refractivity contribution in [1.29, 1.82) is 0 Å². The summed E-state index contributed by atoms with van der Waals surface area (Å²) < 4.78 is 15.5. The average Bonchev–Trinajstić information content (AvgIpc) is 2.75. The standard InChI is InChI=1S/C15H11Cl2FN2/c1-9-4-11(18)7-12(5-9)20-14-6-10(17)2-3-13(14)19-15(20)8-16/h2-7H,8H2,1H3. The van der Waals surface area contributed by atoms with Crippen molar-refractivity contribution in [2.45, 2.75) is 12.8 Å². The minimum Gasteiger partial charge on any atom is -0.295 e. The molecule has 0 unspecified atom stereocenters. The molecule has 0 spiro atoms. The summed E-state index contributed by atoms with van der Waals surface area (Å²) in [5.74, 6) is 0.611. The Bertz CT molecular complexity index is 776. The van der Waals surface area contributed by atoms with Crippen LogP contribution in [0.2, 0.25) is 5.02 Å². The van der Waals surface area contributed by atoms with Crippen molar-refractivity contribution in [2.24, 2.45) is 0 Å². The second-order valence-corrected chi connectivity index (χ2v) is 5.32. The number of benzene rings is 2. The van der Waals surface area contributed by atoms with Crippen LogP contribution in [0.4, 0.5) is 4.39 Å². The summed E-state index contributed by atoms with van der Waals surface area (Å²) in [6.45, 7) is 1.85. The first-order chi connectivity index (χ1) is 9.58. The van der Waals surface area contributed by atoms with Gasteiger partial charge in [0.05, 0.1) is 22.6 Å². The second-order valence-electron chi connectivity index (χ2n) is 4.62. The number of nitrogens with zero attached hydrogens (tertiary/aromatic N) is 2. The number of alkyl halides is 1. The van der Waals surface area contributed by atoms with Gasteiger partial charge in [-0.15, -0.1) is 11.6 Å². The first-order valence-electron chi connectivity index (χ1n) is 6.09. The van der Waals surface area contributed by atoms with E-state index in [2.05, 4.69) is 4.98 Å². The molecule has 1 heterocycles. The van der Waals surface area contributed by atoms with Crippen molar-refractivity contribution in [3.63, 3.8) is 0 Å². The van der Waals surface area contributed by atoms with Gasteiger partial charge in [0.15, 0.2) is 0 Å². The molecular weight excluding hydrogens is 298 g/mol. The van der Waals surface area contributed by atoms with Gasteiger partial charge >= 0.3 is 0 Å². The Balaban J connectivity index is 2.35. The number of fused-ring (bicyclic) bond motifs is 1. The van der Waals surface area contributed by atoms with E-state index < -0.39 is 0 Å². The van der Waals surface area contributed by atoms with Crippen LogP contribution in [-0.2, 0) is 5.88 Å². The molecule has 0 amide bonds. The zero-order chi connectivity index (χ0) is 14.3. The Morgan fingerprint density at radius 1 is 1.20 bits per heavy atom.